The number of non-ortho nitro benzene ring substituents is 1. The monoisotopic (exact) mass is 410 g/mol. The first kappa shape index (κ1) is 21.8. The number of piperazine rings is 1. The van der Waals surface area contributed by atoms with E-state index in [4.69, 9.17) is 0 Å². The van der Waals surface area contributed by atoms with Crippen molar-refractivity contribution in [2.75, 3.05) is 36.4 Å². The molecule has 160 valence electrons. The molecule has 0 aromatic heterocycles. The van der Waals surface area contributed by atoms with Crippen molar-refractivity contribution in [3.05, 3.63) is 64.2 Å². The molecule has 0 radical (unpaired) electrons. The Balaban J connectivity index is 1.58. The number of carbonyl (C=O) groups is 1. The van der Waals surface area contributed by atoms with E-state index in [0.717, 1.165) is 44.0 Å². The van der Waals surface area contributed by atoms with Gasteiger partial charge < -0.3 is 10.2 Å². The highest BCUT2D eigenvalue weighted by atomic mass is 16.6. The SMILES string of the molecule is CC[C@@H](C)c1ccccc1NC(=O)[C@@H](C)N1CCN(c2ccc([N+](=O)[O-])cc2)CC1. The molecule has 1 fully saturated rings. The number of hydrogen-bond donors (Lipinski definition) is 1. The number of hydrogen-bond acceptors (Lipinski definition) is 5. The van der Waals surface area contributed by atoms with Crippen molar-refractivity contribution in [2.45, 2.75) is 39.2 Å². The third kappa shape index (κ3) is 4.97. The number of para-hydroxylation sites is 1. The lowest BCUT2D eigenvalue weighted by atomic mass is 9.97. The fraction of sp³-hybridized carbons (Fsp3) is 0.435. The van der Waals surface area contributed by atoms with Crippen LogP contribution in [0.5, 0.6) is 0 Å². The van der Waals surface area contributed by atoms with E-state index in [-0.39, 0.29) is 22.6 Å². The maximum atomic E-state index is 12.9. The van der Waals surface area contributed by atoms with Gasteiger partial charge in [0.1, 0.15) is 0 Å². The van der Waals surface area contributed by atoms with Crippen LogP contribution >= 0.6 is 0 Å². The summed E-state index contributed by atoms with van der Waals surface area (Å²) in [5, 5.41) is 13.9. The molecule has 7 nitrogen and oxygen atoms in total. The summed E-state index contributed by atoms with van der Waals surface area (Å²) < 4.78 is 0. The second-order valence-corrected chi connectivity index (χ2v) is 7.86. The number of amides is 1. The Morgan fingerprint density at radius 3 is 2.30 bits per heavy atom. The van der Waals surface area contributed by atoms with Crippen LogP contribution in [0.3, 0.4) is 0 Å². The quantitative estimate of drug-likeness (QED) is 0.545. The molecule has 1 aliphatic heterocycles. The number of carbonyl (C=O) groups excluding carboxylic acids is 1. The molecule has 0 bridgehead atoms. The minimum atomic E-state index is -0.387. The lowest BCUT2D eigenvalue weighted by Crippen LogP contribution is -2.52. The van der Waals surface area contributed by atoms with Crippen LogP contribution in [-0.4, -0.2) is 48.0 Å². The molecule has 2 aromatic rings. The third-order valence-electron chi connectivity index (χ3n) is 6.03. The van der Waals surface area contributed by atoms with Gasteiger partial charge in [-0.05, 0) is 43.0 Å². The highest BCUT2D eigenvalue weighted by Crippen LogP contribution is 2.27. The molecule has 2 aromatic carbocycles. The van der Waals surface area contributed by atoms with Crippen LogP contribution in [-0.2, 0) is 4.79 Å². The van der Waals surface area contributed by atoms with Gasteiger partial charge in [-0.2, -0.15) is 0 Å². The van der Waals surface area contributed by atoms with Crippen LogP contribution < -0.4 is 10.2 Å². The normalized spacial score (nSPS) is 16.7. The maximum absolute atomic E-state index is 12.9. The summed E-state index contributed by atoms with van der Waals surface area (Å²) in [5.41, 5.74) is 3.14. The van der Waals surface area contributed by atoms with Gasteiger partial charge in [0, 0.05) is 49.7 Å². The van der Waals surface area contributed by atoms with Gasteiger partial charge in [-0.25, -0.2) is 0 Å². The van der Waals surface area contributed by atoms with E-state index in [1.54, 1.807) is 12.1 Å². The highest BCUT2D eigenvalue weighted by Gasteiger charge is 2.26. The molecule has 1 heterocycles. The summed E-state index contributed by atoms with van der Waals surface area (Å²) in [7, 11) is 0. The first-order valence-corrected chi connectivity index (χ1v) is 10.5. The van der Waals surface area contributed by atoms with Gasteiger partial charge in [-0.15, -0.1) is 0 Å². The van der Waals surface area contributed by atoms with Crippen LogP contribution in [0.2, 0.25) is 0 Å². The summed E-state index contributed by atoms with van der Waals surface area (Å²) in [4.78, 5) is 27.7. The number of nitrogens with one attached hydrogen (secondary N) is 1. The molecule has 1 aliphatic rings. The third-order valence-corrected chi connectivity index (χ3v) is 6.03. The maximum Gasteiger partial charge on any atom is 0.269 e. The minimum absolute atomic E-state index is 0.00883. The van der Waals surface area contributed by atoms with Crippen LogP contribution in [0, 0.1) is 10.1 Å². The van der Waals surface area contributed by atoms with E-state index < -0.39 is 0 Å². The van der Waals surface area contributed by atoms with Crippen molar-refractivity contribution in [2.24, 2.45) is 0 Å². The smallest absolute Gasteiger partial charge is 0.269 e. The minimum Gasteiger partial charge on any atom is -0.369 e. The molecule has 1 amide bonds. The standard InChI is InChI=1S/C23H30N4O3/c1-4-17(2)21-7-5-6-8-22(21)24-23(28)18(3)25-13-15-26(16-14-25)19-9-11-20(12-10-19)27(29)30/h5-12,17-18H,4,13-16H2,1-3H3,(H,24,28)/t17-,18-/m1/s1. The fourth-order valence-corrected chi connectivity index (χ4v) is 3.82. The first-order valence-electron chi connectivity index (χ1n) is 10.5. The van der Waals surface area contributed by atoms with E-state index >= 15 is 0 Å². The fourth-order valence-electron chi connectivity index (χ4n) is 3.82. The molecule has 30 heavy (non-hydrogen) atoms. The molecular formula is C23H30N4O3. The predicted octanol–water partition coefficient (Wildman–Crippen LogP) is 4.26. The van der Waals surface area contributed by atoms with Crippen molar-refractivity contribution >= 4 is 23.0 Å². The van der Waals surface area contributed by atoms with Crippen LogP contribution in [0.4, 0.5) is 17.1 Å². The number of anilines is 2. The Morgan fingerprint density at radius 2 is 1.70 bits per heavy atom. The first-order chi connectivity index (χ1) is 14.4. The molecule has 2 atom stereocenters. The van der Waals surface area contributed by atoms with Gasteiger partial charge in [0.25, 0.3) is 5.69 Å². The zero-order chi connectivity index (χ0) is 21.7. The van der Waals surface area contributed by atoms with Gasteiger partial charge in [0.15, 0.2) is 0 Å². The zero-order valence-electron chi connectivity index (χ0n) is 17.9. The highest BCUT2D eigenvalue weighted by molar-refractivity contribution is 5.95. The van der Waals surface area contributed by atoms with Gasteiger partial charge in [-0.1, -0.05) is 32.0 Å². The lowest BCUT2D eigenvalue weighted by molar-refractivity contribution is -0.384. The molecule has 0 saturated carbocycles. The Bertz CT molecular complexity index is 876. The van der Waals surface area contributed by atoms with E-state index in [1.807, 2.05) is 25.1 Å². The van der Waals surface area contributed by atoms with Crippen molar-refractivity contribution in [1.29, 1.82) is 0 Å². The second-order valence-electron chi connectivity index (χ2n) is 7.86. The van der Waals surface area contributed by atoms with E-state index in [9.17, 15) is 14.9 Å². The average Bonchev–Trinajstić information content (AvgIpc) is 2.78. The zero-order valence-corrected chi connectivity index (χ0v) is 17.9. The van der Waals surface area contributed by atoms with Crippen LogP contribution in [0.1, 0.15) is 38.7 Å². The summed E-state index contributed by atoms with van der Waals surface area (Å²) in [6.45, 7) is 9.35. The molecule has 0 spiro atoms. The van der Waals surface area contributed by atoms with Crippen molar-refractivity contribution in [1.82, 2.24) is 4.90 Å². The number of nitrogens with zero attached hydrogens (tertiary/aromatic N) is 3. The number of nitro benzene ring substituents is 1. The van der Waals surface area contributed by atoms with E-state index in [1.165, 1.54) is 17.7 Å². The summed E-state index contributed by atoms with van der Waals surface area (Å²) in [6, 6.07) is 14.4. The lowest BCUT2D eigenvalue weighted by Gasteiger charge is -2.38. The predicted molar refractivity (Wildman–Crippen MR) is 120 cm³/mol. The molecule has 1 saturated heterocycles. The van der Waals surface area contributed by atoms with E-state index in [2.05, 4.69) is 35.0 Å². The molecule has 7 heteroatoms. The summed E-state index contributed by atoms with van der Waals surface area (Å²) in [5.74, 6) is 0.400. The summed E-state index contributed by atoms with van der Waals surface area (Å²) >= 11 is 0. The Morgan fingerprint density at radius 1 is 1.07 bits per heavy atom. The topological polar surface area (TPSA) is 78.7 Å². The Hall–Kier alpha value is -2.93. The molecule has 0 aliphatic carbocycles. The van der Waals surface area contributed by atoms with Gasteiger partial charge in [0.05, 0.1) is 11.0 Å². The molecule has 3 rings (SSSR count). The Kier molecular flexibility index (Phi) is 7.05. The van der Waals surface area contributed by atoms with Crippen LogP contribution in [0.15, 0.2) is 48.5 Å². The number of rotatable bonds is 7. The number of benzene rings is 2. The summed E-state index contributed by atoms with van der Waals surface area (Å²) in [6.07, 6.45) is 1.02. The molecular weight excluding hydrogens is 380 g/mol. The van der Waals surface area contributed by atoms with Gasteiger partial charge in [-0.3, -0.25) is 19.8 Å². The van der Waals surface area contributed by atoms with Gasteiger partial charge in [0.2, 0.25) is 5.91 Å². The molecule has 0 unspecified atom stereocenters. The van der Waals surface area contributed by atoms with Crippen molar-refractivity contribution in [3.63, 3.8) is 0 Å². The van der Waals surface area contributed by atoms with E-state index in [0.29, 0.717) is 5.92 Å². The second kappa shape index (κ2) is 9.71. The van der Waals surface area contributed by atoms with Crippen molar-refractivity contribution < 1.29 is 9.72 Å². The van der Waals surface area contributed by atoms with Crippen molar-refractivity contribution in [3.8, 4) is 0 Å². The Labute approximate surface area is 177 Å². The van der Waals surface area contributed by atoms with Crippen LogP contribution in [0.25, 0.3) is 0 Å². The van der Waals surface area contributed by atoms with Gasteiger partial charge >= 0.3 is 0 Å². The number of nitro groups is 1. The largest absolute Gasteiger partial charge is 0.369 e. The average molecular weight is 411 g/mol. The molecule has 1 N–H and O–H groups in total.